The van der Waals surface area contributed by atoms with Gasteiger partial charge in [-0.3, -0.25) is 4.90 Å². The number of hydrogen-bond donors (Lipinski definition) is 1. The predicted octanol–water partition coefficient (Wildman–Crippen LogP) is 1.96. The molecule has 0 aromatic rings. The number of halogens is 2. The van der Waals surface area contributed by atoms with Crippen LogP contribution in [0.3, 0.4) is 0 Å². The van der Waals surface area contributed by atoms with Gasteiger partial charge in [0.25, 0.3) is 6.43 Å². The Balaban J connectivity index is 3.86. The first kappa shape index (κ1) is 13.8. The number of rotatable bonds is 7. The van der Waals surface area contributed by atoms with Crippen molar-refractivity contribution in [3.8, 4) is 0 Å². The lowest BCUT2D eigenvalue weighted by molar-refractivity contribution is 0.0789. The van der Waals surface area contributed by atoms with Gasteiger partial charge in [-0.2, -0.15) is 0 Å². The van der Waals surface area contributed by atoms with E-state index in [2.05, 4.69) is 19.2 Å². The summed E-state index contributed by atoms with van der Waals surface area (Å²) in [6, 6.07) is 0.607. The first-order chi connectivity index (χ1) is 6.47. The molecule has 0 spiro atoms. The summed E-state index contributed by atoms with van der Waals surface area (Å²) < 4.78 is 24.2. The Morgan fingerprint density at radius 1 is 1.29 bits per heavy atom. The molecule has 86 valence electrons. The molecule has 2 nitrogen and oxygen atoms in total. The molecule has 0 amide bonds. The zero-order valence-electron chi connectivity index (χ0n) is 9.56. The van der Waals surface area contributed by atoms with Gasteiger partial charge in [-0.15, -0.1) is 0 Å². The molecule has 0 aromatic carbocycles. The topological polar surface area (TPSA) is 15.3 Å². The maximum atomic E-state index is 12.1. The normalized spacial score (nSPS) is 14.4. The predicted molar refractivity (Wildman–Crippen MR) is 55.9 cm³/mol. The summed E-state index contributed by atoms with van der Waals surface area (Å²) in [5.41, 5.74) is 0. The van der Waals surface area contributed by atoms with E-state index in [0.717, 1.165) is 13.0 Å². The molecule has 0 aliphatic heterocycles. The van der Waals surface area contributed by atoms with Gasteiger partial charge in [-0.05, 0) is 13.5 Å². The Kier molecular flexibility index (Phi) is 7.01. The fourth-order valence-corrected chi connectivity index (χ4v) is 1.35. The molecule has 0 saturated carbocycles. The van der Waals surface area contributed by atoms with Crippen LogP contribution in [0.4, 0.5) is 8.78 Å². The minimum absolute atomic E-state index is 0.141. The molecule has 0 heterocycles. The van der Waals surface area contributed by atoms with Crippen LogP contribution in [0.15, 0.2) is 0 Å². The van der Waals surface area contributed by atoms with Crippen LogP contribution in [0.25, 0.3) is 0 Å². The molecule has 0 radical (unpaired) electrons. The Bertz CT molecular complexity index is 140. The maximum Gasteiger partial charge on any atom is 0.251 e. The molecule has 0 aliphatic carbocycles. The van der Waals surface area contributed by atoms with Gasteiger partial charge in [0.15, 0.2) is 0 Å². The fraction of sp³-hybridized carbons (Fsp3) is 1.00. The molecule has 0 rings (SSSR count). The average Bonchev–Trinajstić information content (AvgIpc) is 2.03. The molecule has 0 bridgehead atoms. The quantitative estimate of drug-likeness (QED) is 0.688. The van der Waals surface area contributed by atoms with Crippen molar-refractivity contribution < 1.29 is 8.78 Å². The Labute approximate surface area is 85.7 Å². The second kappa shape index (κ2) is 7.12. The molecule has 0 fully saturated rings. The zero-order chi connectivity index (χ0) is 11.1. The fourth-order valence-electron chi connectivity index (χ4n) is 1.35. The summed E-state index contributed by atoms with van der Waals surface area (Å²) in [6.45, 7) is 6.77. The molecule has 0 aliphatic rings. The lowest BCUT2D eigenvalue weighted by atomic mass is 10.2. The van der Waals surface area contributed by atoms with E-state index >= 15 is 0 Å². The minimum atomic E-state index is -2.24. The molecule has 1 N–H and O–H groups in total. The SMILES string of the molecule is CCC(CNC(C)C)N(C)CC(F)F. The van der Waals surface area contributed by atoms with Crippen LogP contribution in [0.2, 0.25) is 0 Å². The lowest BCUT2D eigenvalue weighted by Gasteiger charge is -2.27. The van der Waals surface area contributed by atoms with Crippen molar-refractivity contribution in [2.45, 2.75) is 45.7 Å². The van der Waals surface area contributed by atoms with Crippen molar-refractivity contribution >= 4 is 0 Å². The molecule has 4 heteroatoms. The number of alkyl halides is 2. The van der Waals surface area contributed by atoms with E-state index in [9.17, 15) is 8.78 Å². The van der Waals surface area contributed by atoms with Gasteiger partial charge < -0.3 is 5.32 Å². The Hall–Kier alpha value is -0.220. The highest BCUT2D eigenvalue weighted by Crippen LogP contribution is 2.04. The number of nitrogens with zero attached hydrogens (tertiary/aromatic N) is 1. The molecule has 1 unspecified atom stereocenters. The van der Waals surface area contributed by atoms with Crippen molar-refractivity contribution in [2.24, 2.45) is 0 Å². The summed E-state index contributed by atoms with van der Waals surface area (Å²) in [6.07, 6.45) is -1.35. The van der Waals surface area contributed by atoms with Gasteiger partial charge in [0, 0.05) is 18.6 Å². The summed E-state index contributed by atoms with van der Waals surface area (Å²) in [5, 5.41) is 3.26. The molecular formula is C10H22F2N2. The van der Waals surface area contributed by atoms with Gasteiger partial charge in [0.2, 0.25) is 0 Å². The van der Waals surface area contributed by atoms with Crippen LogP contribution in [0.5, 0.6) is 0 Å². The second-order valence-corrected chi connectivity index (χ2v) is 3.96. The average molecular weight is 208 g/mol. The zero-order valence-corrected chi connectivity index (χ0v) is 9.56. The Morgan fingerprint density at radius 3 is 2.21 bits per heavy atom. The standard InChI is InChI=1S/C10H22F2N2/c1-5-9(6-13-8(2)3)14(4)7-10(11)12/h8-10,13H,5-7H2,1-4H3. The summed E-state index contributed by atoms with van der Waals surface area (Å²) in [5.74, 6) is 0. The monoisotopic (exact) mass is 208 g/mol. The van der Waals surface area contributed by atoms with E-state index in [-0.39, 0.29) is 12.6 Å². The van der Waals surface area contributed by atoms with Crippen molar-refractivity contribution in [3.63, 3.8) is 0 Å². The number of likely N-dealkylation sites (N-methyl/N-ethyl adjacent to an activating group) is 1. The lowest BCUT2D eigenvalue weighted by Crippen LogP contribution is -2.43. The third kappa shape index (κ3) is 6.27. The van der Waals surface area contributed by atoms with Crippen LogP contribution in [0.1, 0.15) is 27.2 Å². The van der Waals surface area contributed by atoms with Crippen molar-refractivity contribution in [1.29, 1.82) is 0 Å². The van der Waals surface area contributed by atoms with Crippen molar-refractivity contribution in [1.82, 2.24) is 10.2 Å². The third-order valence-corrected chi connectivity index (χ3v) is 2.28. The molecule has 1 atom stereocenters. The smallest absolute Gasteiger partial charge is 0.251 e. The van der Waals surface area contributed by atoms with E-state index in [1.807, 2.05) is 6.92 Å². The van der Waals surface area contributed by atoms with Crippen molar-refractivity contribution in [2.75, 3.05) is 20.1 Å². The van der Waals surface area contributed by atoms with Gasteiger partial charge in [0.1, 0.15) is 0 Å². The molecular weight excluding hydrogens is 186 g/mol. The van der Waals surface area contributed by atoms with E-state index < -0.39 is 6.43 Å². The van der Waals surface area contributed by atoms with Gasteiger partial charge >= 0.3 is 0 Å². The maximum absolute atomic E-state index is 12.1. The van der Waals surface area contributed by atoms with E-state index in [1.165, 1.54) is 0 Å². The molecule has 14 heavy (non-hydrogen) atoms. The largest absolute Gasteiger partial charge is 0.313 e. The van der Waals surface area contributed by atoms with E-state index in [1.54, 1.807) is 11.9 Å². The highest BCUT2D eigenvalue weighted by molar-refractivity contribution is 4.71. The van der Waals surface area contributed by atoms with Crippen LogP contribution in [-0.2, 0) is 0 Å². The van der Waals surface area contributed by atoms with Crippen molar-refractivity contribution in [3.05, 3.63) is 0 Å². The first-order valence-corrected chi connectivity index (χ1v) is 5.19. The van der Waals surface area contributed by atoms with E-state index in [4.69, 9.17) is 0 Å². The molecule has 0 aromatic heterocycles. The highest BCUT2D eigenvalue weighted by Gasteiger charge is 2.16. The highest BCUT2D eigenvalue weighted by atomic mass is 19.3. The van der Waals surface area contributed by atoms with E-state index in [0.29, 0.717) is 6.04 Å². The number of hydrogen-bond acceptors (Lipinski definition) is 2. The first-order valence-electron chi connectivity index (χ1n) is 5.19. The van der Waals surface area contributed by atoms with Crippen LogP contribution in [0, 0.1) is 0 Å². The van der Waals surface area contributed by atoms with Gasteiger partial charge in [-0.25, -0.2) is 8.78 Å². The van der Waals surface area contributed by atoms with Gasteiger partial charge in [0.05, 0.1) is 6.54 Å². The Morgan fingerprint density at radius 2 is 1.86 bits per heavy atom. The van der Waals surface area contributed by atoms with Gasteiger partial charge in [-0.1, -0.05) is 20.8 Å². The minimum Gasteiger partial charge on any atom is -0.313 e. The summed E-state index contributed by atoms with van der Waals surface area (Å²) >= 11 is 0. The summed E-state index contributed by atoms with van der Waals surface area (Å²) in [7, 11) is 1.75. The second-order valence-electron chi connectivity index (χ2n) is 3.96. The number of nitrogens with one attached hydrogen (secondary N) is 1. The van der Waals surface area contributed by atoms with Crippen LogP contribution < -0.4 is 5.32 Å². The van der Waals surface area contributed by atoms with Crippen LogP contribution >= 0.6 is 0 Å². The van der Waals surface area contributed by atoms with Crippen LogP contribution in [-0.4, -0.2) is 43.5 Å². The molecule has 0 saturated heterocycles. The third-order valence-electron chi connectivity index (χ3n) is 2.28. The summed E-state index contributed by atoms with van der Waals surface area (Å²) in [4.78, 5) is 1.72.